The fraction of sp³-hybridized carbons (Fsp3) is 0.435. The summed E-state index contributed by atoms with van der Waals surface area (Å²) in [6, 6.07) is 18.3. The van der Waals surface area contributed by atoms with Crippen LogP contribution in [0.25, 0.3) is 11.1 Å². The molecule has 4 rings (SSSR count). The molecule has 26 heavy (non-hydrogen) atoms. The van der Waals surface area contributed by atoms with E-state index in [1.54, 1.807) is 0 Å². The van der Waals surface area contributed by atoms with E-state index in [4.69, 9.17) is 0 Å². The lowest BCUT2D eigenvalue weighted by Crippen LogP contribution is -2.39. The van der Waals surface area contributed by atoms with Crippen LogP contribution >= 0.6 is 0 Å². The van der Waals surface area contributed by atoms with Crippen molar-refractivity contribution in [3.05, 3.63) is 59.7 Å². The van der Waals surface area contributed by atoms with E-state index in [-0.39, 0.29) is 5.91 Å². The number of hydrogen-bond donors (Lipinski definition) is 2. The van der Waals surface area contributed by atoms with Crippen LogP contribution in [-0.2, 0) is 11.3 Å². The largest absolute Gasteiger partial charge is 0.352 e. The highest BCUT2D eigenvalue weighted by Crippen LogP contribution is 2.32. The minimum Gasteiger partial charge on any atom is -0.352 e. The monoisotopic (exact) mass is 348 g/mol. The number of carbonyl (C=O) groups is 1. The quantitative estimate of drug-likeness (QED) is 0.850. The number of amides is 1. The summed E-state index contributed by atoms with van der Waals surface area (Å²) in [7, 11) is 0. The van der Waals surface area contributed by atoms with Crippen LogP contribution < -0.4 is 10.6 Å². The Morgan fingerprint density at radius 1 is 1.04 bits per heavy atom. The van der Waals surface area contributed by atoms with Crippen molar-refractivity contribution in [2.24, 2.45) is 5.92 Å². The number of rotatable bonds is 5. The minimum absolute atomic E-state index is 0.192. The smallest absolute Gasteiger partial charge is 0.220 e. The standard InChI is InChI=1S/C23H28N2O/c1-16-4-2-6-19(10-16)20-7-3-5-17(11-20)15-24-23(26)14-18-12-21-8-9-22(13-18)25-21/h2-7,10-11,18,21-22,25H,8-9,12-15H2,1H3,(H,24,26). The molecule has 2 saturated heterocycles. The number of carbonyl (C=O) groups excluding carboxylic acids is 1. The molecule has 2 fully saturated rings. The maximum absolute atomic E-state index is 12.4. The minimum atomic E-state index is 0.192. The van der Waals surface area contributed by atoms with Gasteiger partial charge in [-0.2, -0.15) is 0 Å². The van der Waals surface area contributed by atoms with Crippen molar-refractivity contribution in [3.63, 3.8) is 0 Å². The molecule has 3 nitrogen and oxygen atoms in total. The van der Waals surface area contributed by atoms with Gasteiger partial charge in [-0.1, -0.05) is 48.0 Å². The number of benzene rings is 2. The zero-order valence-electron chi connectivity index (χ0n) is 15.5. The predicted molar refractivity (Wildman–Crippen MR) is 106 cm³/mol. The molecule has 2 bridgehead atoms. The Morgan fingerprint density at radius 2 is 1.73 bits per heavy atom. The van der Waals surface area contributed by atoms with Crippen molar-refractivity contribution in [2.75, 3.05) is 0 Å². The summed E-state index contributed by atoms with van der Waals surface area (Å²) < 4.78 is 0. The van der Waals surface area contributed by atoms with E-state index >= 15 is 0 Å². The fourth-order valence-electron chi connectivity index (χ4n) is 4.56. The lowest BCUT2D eigenvalue weighted by Gasteiger charge is -2.28. The molecule has 2 aromatic rings. The summed E-state index contributed by atoms with van der Waals surface area (Å²) in [5.74, 6) is 0.740. The van der Waals surface area contributed by atoms with Crippen LogP contribution in [-0.4, -0.2) is 18.0 Å². The maximum Gasteiger partial charge on any atom is 0.220 e. The van der Waals surface area contributed by atoms with Gasteiger partial charge in [0.25, 0.3) is 0 Å². The summed E-state index contributed by atoms with van der Waals surface area (Å²) in [6.45, 7) is 2.72. The Labute approximate surface area is 156 Å². The third-order valence-corrected chi connectivity index (χ3v) is 5.81. The van der Waals surface area contributed by atoms with E-state index in [1.807, 2.05) is 0 Å². The van der Waals surface area contributed by atoms with E-state index in [2.05, 4.69) is 66.1 Å². The Hall–Kier alpha value is -2.13. The number of fused-ring (bicyclic) bond motifs is 2. The number of nitrogens with one attached hydrogen (secondary N) is 2. The average molecular weight is 348 g/mol. The molecule has 2 atom stereocenters. The second-order valence-corrected chi connectivity index (χ2v) is 8.03. The van der Waals surface area contributed by atoms with Crippen LogP contribution in [0.4, 0.5) is 0 Å². The van der Waals surface area contributed by atoms with Gasteiger partial charge in [-0.15, -0.1) is 0 Å². The van der Waals surface area contributed by atoms with E-state index in [0.717, 1.165) is 18.4 Å². The SMILES string of the molecule is Cc1cccc(-c2cccc(CNC(=O)CC3CC4CCC(C3)N4)c2)c1. The van der Waals surface area contributed by atoms with Crippen molar-refractivity contribution in [3.8, 4) is 11.1 Å². The Bertz CT molecular complexity index is 773. The van der Waals surface area contributed by atoms with E-state index in [1.165, 1.54) is 29.5 Å². The van der Waals surface area contributed by atoms with Crippen LogP contribution in [0, 0.1) is 12.8 Å². The molecule has 1 amide bonds. The summed E-state index contributed by atoms with van der Waals surface area (Å²) in [4.78, 5) is 12.4. The van der Waals surface area contributed by atoms with Crippen LogP contribution in [0.15, 0.2) is 48.5 Å². The van der Waals surface area contributed by atoms with E-state index < -0.39 is 0 Å². The van der Waals surface area contributed by atoms with Crippen molar-refractivity contribution >= 4 is 5.91 Å². The normalized spacial score (nSPS) is 24.4. The van der Waals surface area contributed by atoms with Gasteiger partial charge in [0.2, 0.25) is 5.91 Å². The molecule has 0 aliphatic carbocycles. The summed E-state index contributed by atoms with van der Waals surface area (Å²) >= 11 is 0. The van der Waals surface area contributed by atoms with Crippen molar-refractivity contribution < 1.29 is 4.79 Å². The van der Waals surface area contributed by atoms with Gasteiger partial charge >= 0.3 is 0 Å². The zero-order valence-corrected chi connectivity index (χ0v) is 15.5. The molecule has 2 N–H and O–H groups in total. The Kier molecular flexibility index (Phi) is 5.07. The van der Waals surface area contributed by atoms with Crippen LogP contribution in [0.1, 0.15) is 43.2 Å². The molecule has 2 aromatic carbocycles. The molecule has 0 spiro atoms. The first-order valence-corrected chi connectivity index (χ1v) is 9.84. The van der Waals surface area contributed by atoms with E-state index in [9.17, 15) is 4.79 Å². The highest BCUT2D eigenvalue weighted by atomic mass is 16.1. The average Bonchev–Trinajstić information content (AvgIpc) is 2.99. The molecular formula is C23H28N2O. The lowest BCUT2D eigenvalue weighted by atomic mass is 9.89. The zero-order chi connectivity index (χ0) is 17.9. The van der Waals surface area contributed by atoms with Gasteiger partial charge in [0.15, 0.2) is 0 Å². The number of hydrogen-bond acceptors (Lipinski definition) is 2. The van der Waals surface area contributed by atoms with Gasteiger partial charge in [0, 0.05) is 25.0 Å². The first-order chi connectivity index (χ1) is 12.7. The highest BCUT2D eigenvalue weighted by molar-refractivity contribution is 5.76. The second kappa shape index (κ2) is 7.63. The summed E-state index contributed by atoms with van der Waals surface area (Å²) in [6.07, 6.45) is 5.56. The molecule has 0 radical (unpaired) electrons. The molecule has 0 saturated carbocycles. The van der Waals surface area contributed by atoms with Crippen molar-refractivity contribution in [1.29, 1.82) is 0 Å². The van der Waals surface area contributed by atoms with Gasteiger partial charge in [-0.3, -0.25) is 4.79 Å². The first kappa shape index (κ1) is 17.3. The first-order valence-electron chi connectivity index (χ1n) is 9.84. The molecule has 0 aromatic heterocycles. The maximum atomic E-state index is 12.4. The van der Waals surface area contributed by atoms with Crippen molar-refractivity contribution in [1.82, 2.24) is 10.6 Å². The molecule has 3 heteroatoms. The third-order valence-electron chi connectivity index (χ3n) is 5.81. The summed E-state index contributed by atoms with van der Waals surface area (Å²) in [5.41, 5.74) is 4.85. The molecule has 2 heterocycles. The summed E-state index contributed by atoms with van der Waals surface area (Å²) in [5, 5.41) is 6.77. The van der Waals surface area contributed by atoms with Gasteiger partial charge in [-0.25, -0.2) is 0 Å². The Morgan fingerprint density at radius 3 is 2.46 bits per heavy atom. The van der Waals surface area contributed by atoms with E-state index in [0.29, 0.717) is 31.0 Å². The third kappa shape index (κ3) is 4.16. The second-order valence-electron chi connectivity index (χ2n) is 8.03. The highest BCUT2D eigenvalue weighted by Gasteiger charge is 2.34. The topological polar surface area (TPSA) is 41.1 Å². The van der Waals surface area contributed by atoms with Crippen molar-refractivity contribution in [2.45, 2.75) is 57.7 Å². The number of aryl methyl sites for hydroxylation is 1. The lowest BCUT2D eigenvalue weighted by molar-refractivity contribution is -0.122. The van der Waals surface area contributed by atoms with Gasteiger partial charge < -0.3 is 10.6 Å². The molecule has 136 valence electrons. The van der Waals surface area contributed by atoms with Gasteiger partial charge in [0.1, 0.15) is 0 Å². The fourth-order valence-corrected chi connectivity index (χ4v) is 4.56. The predicted octanol–water partition coefficient (Wildman–Crippen LogP) is 4.20. The van der Waals surface area contributed by atoms with Crippen LogP contribution in [0.2, 0.25) is 0 Å². The molecule has 2 unspecified atom stereocenters. The van der Waals surface area contributed by atoms with Gasteiger partial charge in [-0.05, 0) is 61.3 Å². The van der Waals surface area contributed by atoms with Crippen LogP contribution in [0.3, 0.4) is 0 Å². The number of piperidine rings is 1. The molecule has 2 aliphatic rings. The van der Waals surface area contributed by atoms with Gasteiger partial charge in [0.05, 0.1) is 0 Å². The Balaban J connectivity index is 1.33. The molecule has 2 aliphatic heterocycles. The molecular weight excluding hydrogens is 320 g/mol. The van der Waals surface area contributed by atoms with Crippen LogP contribution in [0.5, 0.6) is 0 Å².